The average molecular weight is 457 g/mol. The molecule has 6 nitrogen and oxygen atoms in total. The second-order valence-corrected chi connectivity index (χ2v) is 8.80. The van der Waals surface area contributed by atoms with Gasteiger partial charge in [0.05, 0.1) is 22.4 Å². The Hall–Kier alpha value is -3.06. The first-order valence-corrected chi connectivity index (χ1v) is 10.9. The molecule has 8 heteroatoms. The summed E-state index contributed by atoms with van der Waals surface area (Å²) in [5.41, 5.74) is 0.235. The van der Waals surface area contributed by atoms with E-state index in [0.29, 0.717) is 18.8 Å². The molecule has 166 valence electrons. The Morgan fingerprint density at radius 3 is 2.38 bits per heavy atom. The van der Waals surface area contributed by atoms with Gasteiger partial charge in [0.2, 0.25) is 0 Å². The van der Waals surface area contributed by atoms with E-state index in [1.54, 1.807) is 12.1 Å². The van der Waals surface area contributed by atoms with Gasteiger partial charge >= 0.3 is 0 Å². The number of halogens is 2. The maximum Gasteiger partial charge on any atom is 0.274 e. The molecule has 0 radical (unpaired) electrons. The topological polar surface area (TPSA) is 74.8 Å². The van der Waals surface area contributed by atoms with Crippen LogP contribution in [0.1, 0.15) is 46.9 Å². The summed E-state index contributed by atoms with van der Waals surface area (Å²) in [6.45, 7) is 1.48. The molecule has 2 aromatic carbocycles. The number of Topliss-reactive ketones (excluding diaryl/α,β-unsaturated/α-hetero) is 1. The molecule has 1 saturated heterocycles. The van der Waals surface area contributed by atoms with Gasteiger partial charge in [0.25, 0.3) is 17.7 Å². The smallest absolute Gasteiger partial charge is 0.274 e. The molecule has 32 heavy (non-hydrogen) atoms. The van der Waals surface area contributed by atoms with Gasteiger partial charge in [0.1, 0.15) is 12.4 Å². The van der Waals surface area contributed by atoms with Gasteiger partial charge < -0.3 is 0 Å². The highest BCUT2D eigenvalue weighted by atomic mass is 35.5. The number of nitrogens with zero attached hydrogens (tertiary/aromatic N) is 2. The fourth-order valence-electron chi connectivity index (χ4n) is 4.48. The van der Waals surface area contributed by atoms with E-state index < -0.39 is 47.7 Å². The van der Waals surface area contributed by atoms with Gasteiger partial charge in [-0.15, -0.1) is 0 Å². The van der Waals surface area contributed by atoms with E-state index in [1.165, 1.54) is 24.3 Å². The van der Waals surface area contributed by atoms with Crippen LogP contribution in [0.15, 0.2) is 48.5 Å². The minimum absolute atomic E-state index is 0.0740. The number of hydrogen-bond donors (Lipinski definition) is 0. The van der Waals surface area contributed by atoms with Gasteiger partial charge in [-0.2, -0.15) is 5.01 Å². The number of fused-ring (bicyclic) bond motifs is 1. The van der Waals surface area contributed by atoms with E-state index in [0.717, 1.165) is 28.6 Å². The Morgan fingerprint density at radius 1 is 1.03 bits per heavy atom. The number of rotatable bonds is 5. The third-order valence-electron chi connectivity index (χ3n) is 6.20. The summed E-state index contributed by atoms with van der Waals surface area (Å²) in [6.07, 6.45) is 1.94. The highest BCUT2D eigenvalue weighted by Crippen LogP contribution is 2.41. The number of imide groups is 1. The van der Waals surface area contributed by atoms with E-state index >= 15 is 0 Å². The van der Waals surface area contributed by atoms with Crippen LogP contribution in [0.4, 0.5) is 4.39 Å². The largest absolute Gasteiger partial charge is 0.292 e. The first kappa shape index (κ1) is 22.1. The number of hydrazine groups is 1. The molecular formula is C24H22ClFN2O4. The molecule has 0 bridgehead atoms. The van der Waals surface area contributed by atoms with Crippen LogP contribution < -0.4 is 0 Å². The van der Waals surface area contributed by atoms with Crippen LogP contribution in [-0.4, -0.2) is 40.1 Å². The van der Waals surface area contributed by atoms with Crippen LogP contribution in [0.3, 0.4) is 0 Å². The molecule has 0 spiro atoms. The molecule has 2 fully saturated rings. The third kappa shape index (κ3) is 4.05. The molecule has 2 aromatic rings. The van der Waals surface area contributed by atoms with Crippen molar-refractivity contribution in [3.8, 4) is 0 Å². The van der Waals surface area contributed by atoms with Crippen LogP contribution in [0.5, 0.6) is 0 Å². The van der Waals surface area contributed by atoms with Crippen molar-refractivity contribution in [1.29, 1.82) is 0 Å². The first-order valence-electron chi connectivity index (χ1n) is 10.5. The monoisotopic (exact) mass is 456 g/mol. The zero-order valence-corrected chi connectivity index (χ0v) is 18.2. The van der Waals surface area contributed by atoms with Crippen molar-refractivity contribution in [2.24, 2.45) is 17.8 Å². The number of hydrogen-bond acceptors (Lipinski definition) is 4. The predicted octanol–water partition coefficient (Wildman–Crippen LogP) is 4.14. The Bertz CT molecular complexity index is 1090. The fourth-order valence-corrected chi connectivity index (χ4v) is 4.70. The standard InChI is InChI=1S/C24H22ClFN2O4/c1-14-6-11-17-19(12-14)24(32)28(23(17)31)27(22(30)18-4-2-3-5-20(18)25)13-21(29)15-7-9-16(26)10-8-15/h2-5,7-10,14,17,19H,6,11-13H2,1H3/t14-,17-,19-/m1/s1. The lowest BCUT2D eigenvalue weighted by Crippen LogP contribution is -2.52. The molecule has 0 N–H and O–H groups in total. The first-order chi connectivity index (χ1) is 15.3. The number of amides is 3. The van der Waals surface area contributed by atoms with Crippen molar-refractivity contribution in [3.63, 3.8) is 0 Å². The highest BCUT2D eigenvalue weighted by molar-refractivity contribution is 6.34. The summed E-state index contributed by atoms with van der Waals surface area (Å²) in [5, 5.41) is 1.86. The summed E-state index contributed by atoms with van der Waals surface area (Å²) in [4.78, 5) is 52.8. The van der Waals surface area contributed by atoms with E-state index in [-0.39, 0.29) is 16.1 Å². The number of benzene rings is 2. The summed E-state index contributed by atoms with van der Waals surface area (Å²) >= 11 is 6.19. The van der Waals surface area contributed by atoms with Crippen LogP contribution >= 0.6 is 11.6 Å². The molecule has 0 aromatic heterocycles. The lowest BCUT2D eigenvalue weighted by Gasteiger charge is -2.30. The maximum absolute atomic E-state index is 13.4. The summed E-state index contributed by atoms with van der Waals surface area (Å²) in [5.74, 6) is -3.42. The van der Waals surface area contributed by atoms with E-state index in [4.69, 9.17) is 11.6 Å². The molecular weight excluding hydrogens is 435 g/mol. The van der Waals surface area contributed by atoms with Crippen molar-refractivity contribution >= 4 is 35.1 Å². The second-order valence-electron chi connectivity index (χ2n) is 8.39. The van der Waals surface area contributed by atoms with Crippen LogP contribution in [-0.2, 0) is 9.59 Å². The van der Waals surface area contributed by atoms with Gasteiger partial charge in [0, 0.05) is 5.56 Å². The van der Waals surface area contributed by atoms with Crippen LogP contribution in [0.25, 0.3) is 0 Å². The fraction of sp³-hybridized carbons (Fsp3) is 0.333. The number of carbonyl (C=O) groups excluding carboxylic acids is 4. The highest BCUT2D eigenvalue weighted by Gasteiger charge is 2.52. The lowest BCUT2D eigenvalue weighted by atomic mass is 9.76. The van der Waals surface area contributed by atoms with Crippen LogP contribution in [0, 0.1) is 23.6 Å². The van der Waals surface area contributed by atoms with Gasteiger partial charge in [-0.25, -0.2) is 9.40 Å². The van der Waals surface area contributed by atoms with Gasteiger partial charge in [-0.3, -0.25) is 19.2 Å². The molecule has 1 heterocycles. The quantitative estimate of drug-likeness (QED) is 0.500. The summed E-state index contributed by atoms with van der Waals surface area (Å²) in [7, 11) is 0. The molecule has 2 aliphatic rings. The molecule has 0 unspecified atom stereocenters. The molecule has 1 aliphatic carbocycles. The Labute approximate surface area is 189 Å². The zero-order valence-electron chi connectivity index (χ0n) is 17.5. The van der Waals surface area contributed by atoms with Crippen molar-refractivity contribution in [3.05, 3.63) is 70.5 Å². The van der Waals surface area contributed by atoms with Gasteiger partial charge in [-0.1, -0.05) is 30.7 Å². The summed E-state index contributed by atoms with van der Waals surface area (Å²) < 4.78 is 13.3. The normalized spacial score (nSPS) is 22.6. The van der Waals surface area contributed by atoms with Crippen molar-refractivity contribution < 1.29 is 23.6 Å². The van der Waals surface area contributed by atoms with Gasteiger partial charge in [-0.05, 0) is 61.6 Å². The minimum Gasteiger partial charge on any atom is -0.292 e. The van der Waals surface area contributed by atoms with E-state index in [1.807, 2.05) is 6.92 Å². The second kappa shape index (κ2) is 8.82. The third-order valence-corrected chi connectivity index (χ3v) is 6.53. The number of ketones is 1. The number of carbonyl (C=O) groups is 4. The van der Waals surface area contributed by atoms with E-state index in [9.17, 15) is 23.6 Å². The molecule has 1 saturated carbocycles. The Balaban J connectivity index is 1.70. The molecule has 3 atom stereocenters. The lowest BCUT2D eigenvalue weighted by molar-refractivity contribution is -0.154. The Morgan fingerprint density at radius 2 is 1.69 bits per heavy atom. The molecule has 3 amide bonds. The molecule has 4 rings (SSSR count). The SMILES string of the molecule is C[C@@H]1CC[C@H]2C(=O)N(N(CC(=O)c3ccc(F)cc3)C(=O)c3ccccc3Cl)C(=O)[C@@H]2C1. The van der Waals surface area contributed by atoms with Crippen molar-refractivity contribution in [2.45, 2.75) is 26.2 Å². The predicted molar refractivity (Wildman–Crippen MR) is 115 cm³/mol. The summed E-state index contributed by atoms with van der Waals surface area (Å²) in [6, 6.07) is 11.1. The van der Waals surface area contributed by atoms with Crippen molar-refractivity contribution in [2.75, 3.05) is 6.54 Å². The van der Waals surface area contributed by atoms with E-state index in [2.05, 4.69) is 0 Å². The minimum atomic E-state index is -0.723. The Kier molecular flexibility index (Phi) is 6.11. The zero-order chi connectivity index (χ0) is 23.0. The van der Waals surface area contributed by atoms with Crippen molar-refractivity contribution in [1.82, 2.24) is 10.0 Å². The van der Waals surface area contributed by atoms with Gasteiger partial charge in [0.15, 0.2) is 5.78 Å². The molecule has 1 aliphatic heterocycles. The average Bonchev–Trinajstić information content (AvgIpc) is 3.01. The van der Waals surface area contributed by atoms with Crippen LogP contribution in [0.2, 0.25) is 5.02 Å². The maximum atomic E-state index is 13.4.